The second-order valence-corrected chi connectivity index (χ2v) is 8.53. The molecule has 0 radical (unpaired) electrons. The topological polar surface area (TPSA) is 97.1 Å². The van der Waals surface area contributed by atoms with E-state index < -0.39 is 0 Å². The fraction of sp³-hybridized carbons (Fsp3) is 0.333. The number of rotatable bonds is 4. The highest BCUT2D eigenvalue weighted by atomic mass is 16.1. The first kappa shape index (κ1) is 20.2. The minimum atomic E-state index is -0.214. The molecule has 0 bridgehead atoms. The van der Waals surface area contributed by atoms with Gasteiger partial charge in [0.15, 0.2) is 5.65 Å². The highest BCUT2D eigenvalue weighted by molar-refractivity contribution is 5.92. The first-order chi connectivity index (χ1) is 15.4. The molecule has 0 spiro atoms. The number of H-pyrrole nitrogens is 1. The number of aryl methyl sites for hydroxylation is 4. The van der Waals surface area contributed by atoms with Crippen molar-refractivity contribution < 1.29 is 4.79 Å². The Morgan fingerprint density at radius 1 is 1.25 bits per heavy atom. The summed E-state index contributed by atoms with van der Waals surface area (Å²) in [5.74, 6) is 0.594. The van der Waals surface area contributed by atoms with Crippen LogP contribution in [0.2, 0.25) is 0 Å². The number of carbonyl (C=O) groups excluding carboxylic acids is 1. The molecular formula is C24H26N6O2. The molecular weight excluding hydrogens is 404 g/mol. The maximum Gasteiger partial charge on any atom is 0.266 e. The maximum absolute atomic E-state index is 13.1. The van der Waals surface area contributed by atoms with E-state index in [0.717, 1.165) is 47.6 Å². The van der Waals surface area contributed by atoms with E-state index in [-0.39, 0.29) is 23.9 Å². The molecule has 1 aliphatic carbocycles. The van der Waals surface area contributed by atoms with Gasteiger partial charge in [-0.15, -0.1) is 0 Å². The summed E-state index contributed by atoms with van der Waals surface area (Å²) in [5, 5.41) is 10.5. The van der Waals surface area contributed by atoms with Gasteiger partial charge in [0.2, 0.25) is 5.91 Å². The Morgan fingerprint density at radius 3 is 2.91 bits per heavy atom. The molecule has 1 aliphatic rings. The number of nitrogens with one attached hydrogen (secondary N) is 2. The average Bonchev–Trinajstić information content (AvgIpc) is 3.33. The van der Waals surface area contributed by atoms with Crippen molar-refractivity contribution >= 4 is 17.4 Å². The highest BCUT2D eigenvalue weighted by Gasteiger charge is 2.25. The molecule has 1 aromatic carbocycles. The number of amides is 1. The molecule has 8 nitrogen and oxygen atoms in total. The standard InChI is InChI=1S/C24H26N6O2/c1-14-13-25-30(20-10-6-8-17-7-4-5-9-18(17)20)24(14)27-22(31)11-19-15(2)26-21-12-23(32)28-29(21)16(19)3/h4-5,7,9,12-13,20H,6,8,10-11H2,1-3H3,(H,27,31)(H,28,32). The maximum atomic E-state index is 13.1. The summed E-state index contributed by atoms with van der Waals surface area (Å²) in [7, 11) is 0. The molecule has 4 aromatic rings. The molecule has 0 saturated carbocycles. The average molecular weight is 431 g/mol. The van der Waals surface area contributed by atoms with E-state index in [1.807, 2.05) is 31.6 Å². The number of anilines is 1. The zero-order chi connectivity index (χ0) is 22.4. The van der Waals surface area contributed by atoms with Crippen molar-refractivity contribution in [2.45, 2.75) is 52.5 Å². The lowest BCUT2D eigenvalue weighted by molar-refractivity contribution is -0.115. The summed E-state index contributed by atoms with van der Waals surface area (Å²) in [4.78, 5) is 29.3. The summed E-state index contributed by atoms with van der Waals surface area (Å²) < 4.78 is 3.59. The van der Waals surface area contributed by atoms with Crippen molar-refractivity contribution in [2.75, 3.05) is 5.32 Å². The first-order valence-electron chi connectivity index (χ1n) is 10.9. The Labute approximate surface area is 185 Å². The van der Waals surface area contributed by atoms with Gasteiger partial charge in [0.25, 0.3) is 5.56 Å². The van der Waals surface area contributed by atoms with Crippen LogP contribution in [0.1, 0.15) is 52.5 Å². The molecule has 3 aromatic heterocycles. The number of hydrogen-bond donors (Lipinski definition) is 2. The van der Waals surface area contributed by atoms with Crippen LogP contribution in [0, 0.1) is 20.8 Å². The van der Waals surface area contributed by atoms with E-state index in [2.05, 4.69) is 44.8 Å². The molecule has 2 N–H and O–H groups in total. The number of hydrogen-bond acceptors (Lipinski definition) is 4. The quantitative estimate of drug-likeness (QED) is 0.519. The summed E-state index contributed by atoms with van der Waals surface area (Å²) in [6.07, 6.45) is 5.12. The van der Waals surface area contributed by atoms with Crippen LogP contribution in [0.5, 0.6) is 0 Å². The van der Waals surface area contributed by atoms with Crippen LogP contribution in [0.15, 0.2) is 41.3 Å². The van der Waals surface area contributed by atoms with E-state index >= 15 is 0 Å². The van der Waals surface area contributed by atoms with E-state index in [9.17, 15) is 9.59 Å². The minimum Gasteiger partial charge on any atom is -0.310 e. The third-order valence-corrected chi connectivity index (χ3v) is 6.41. The van der Waals surface area contributed by atoms with E-state index in [0.29, 0.717) is 5.65 Å². The predicted molar refractivity (Wildman–Crippen MR) is 122 cm³/mol. The fourth-order valence-corrected chi connectivity index (χ4v) is 4.77. The number of carbonyl (C=O) groups is 1. The zero-order valence-corrected chi connectivity index (χ0v) is 18.5. The molecule has 8 heteroatoms. The van der Waals surface area contributed by atoms with Crippen molar-refractivity contribution in [3.05, 3.63) is 80.5 Å². The van der Waals surface area contributed by atoms with Gasteiger partial charge in [-0.3, -0.25) is 14.7 Å². The number of nitrogens with zero attached hydrogens (tertiary/aromatic N) is 4. The molecule has 0 fully saturated rings. The molecule has 0 saturated heterocycles. The largest absolute Gasteiger partial charge is 0.310 e. The Kier molecular flexibility index (Phi) is 4.92. The van der Waals surface area contributed by atoms with E-state index in [1.165, 1.54) is 17.2 Å². The van der Waals surface area contributed by atoms with Crippen LogP contribution in [0.4, 0.5) is 5.82 Å². The van der Waals surface area contributed by atoms with Gasteiger partial charge in [-0.25, -0.2) is 14.2 Å². The van der Waals surface area contributed by atoms with Crippen LogP contribution in [0.25, 0.3) is 5.65 Å². The molecule has 1 atom stereocenters. The monoisotopic (exact) mass is 430 g/mol. The zero-order valence-electron chi connectivity index (χ0n) is 18.5. The number of aromatic amines is 1. The van der Waals surface area contributed by atoms with Gasteiger partial charge in [0.1, 0.15) is 5.82 Å². The number of benzene rings is 1. The van der Waals surface area contributed by atoms with Gasteiger partial charge in [-0.1, -0.05) is 24.3 Å². The Morgan fingerprint density at radius 2 is 2.06 bits per heavy atom. The lowest BCUT2D eigenvalue weighted by atomic mass is 9.88. The SMILES string of the molecule is Cc1cnn(C2CCCc3ccccc32)c1NC(=O)Cc1c(C)nc2cc(=O)[nH]n2c1C. The van der Waals surface area contributed by atoms with Crippen LogP contribution in [0.3, 0.4) is 0 Å². The molecule has 1 amide bonds. The second-order valence-electron chi connectivity index (χ2n) is 8.53. The molecule has 164 valence electrons. The minimum absolute atomic E-state index is 0.107. The van der Waals surface area contributed by atoms with Gasteiger partial charge >= 0.3 is 0 Å². The fourth-order valence-electron chi connectivity index (χ4n) is 4.77. The van der Waals surface area contributed by atoms with Crippen molar-refractivity contribution in [2.24, 2.45) is 0 Å². The molecule has 0 aliphatic heterocycles. The molecule has 5 rings (SSSR count). The Bertz CT molecular complexity index is 1390. The summed E-state index contributed by atoms with van der Waals surface area (Å²) >= 11 is 0. The van der Waals surface area contributed by atoms with E-state index in [4.69, 9.17) is 0 Å². The summed E-state index contributed by atoms with van der Waals surface area (Å²) in [6.45, 7) is 5.71. The van der Waals surface area contributed by atoms with Gasteiger partial charge < -0.3 is 5.32 Å². The van der Waals surface area contributed by atoms with Crippen LogP contribution in [-0.4, -0.2) is 30.3 Å². The number of fused-ring (bicyclic) bond motifs is 2. The van der Waals surface area contributed by atoms with Crippen molar-refractivity contribution in [1.82, 2.24) is 24.4 Å². The van der Waals surface area contributed by atoms with Crippen molar-refractivity contribution in [3.63, 3.8) is 0 Å². The first-order valence-corrected chi connectivity index (χ1v) is 10.9. The van der Waals surface area contributed by atoms with Crippen molar-refractivity contribution in [3.8, 4) is 0 Å². The lowest BCUT2D eigenvalue weighted by Gasteiger charge is -2.27. The Balaban J connectivity index is 1.44. The Hall–Kier alpha value is -3.68. The van der Waals surface area contributed by atoms with Gasteiger partial charge in [-0.2, -0.15) is 5.10 Å². The van der Waals surface area contributed by atoms with Gasteiger partial charge in [0, 0.05) is 28.6 Å². The van der Waals surface area contributed by atoms with Gasteiger partial charge in [0.05, 0.1) is 18.7 Å². The smallest absolute Gasteiger partial charge is 0.266 e. The van der Waals surface area contributed by atoms with Gasteiger partial charge in [-0.05, 0) is 51.2 Å². The normalized spacial score (nSPS) is 15.7. The third kappa shape index (κ3) is 3.41. The lowest BCUT2D eigenvalue weighted by Crippen LogP contribution is -2.24. The van der Waals surface area contributed by atoms with Crippen LogP contribution >= 0.6 is 0 Å². The second kappa shape index (κ2) is 7.78. The van der Waals surface area contributed by atoms with Crippen molar-refractivity contribution in [1.29, 1.82) is 0 Å². The summed E-state index contributed by atoms with van der Waals surface area (Å²) in [5.41, 5.74) is 6.23. The molecule has 32 heavy (non-hydrogen) atoms. The molecule has 3 heterocycles. The summed E-state index contributed by atoms with van der Waals surface area (Å²) in [6, 6.07) is 10.0. The van der Waals surface area contributed by atoms with Crippen LogP contribution < -0.4 is 10.9 Å². The molecule has 1 unspecified atom stereocenters. The highest BCUT2D eigenvalue weighted by Crippen LogP contribution is 2.35. The number of aromatic nitrogens is 5. The predicted octanol–water partition coefficient (Wildman–Crippen LogP) is 3.25. The van der Waals surface area contributed by atoms with E-state index in [1.54, 1.807) is 4.52 Å². The third-order valence-electron chi connectivity index (χ3n) is 6.41. The van der Waals surface area contributed by atoms with Crippen LogP contribution in [-0.2, 0) is 17.6 Å².